The molecule has 0 saturated carbocycles. The molecule has 14 heteroatoms. The molecule has 0 bridgehead atoms. The number of hydrogen-bond donors (Lipinski definition) is 1. The maximum absolute atomic E-state index is 11.6. The van der Waals surface area contributed by atoms with Gasteiger partial charge in [0.2, 0.25) is 0 Å². The third-order valence-corrected chi connectivity index (χ3v) is 12.4. The zero-order chi connectivity index (χ0) is 34.5. The predicted molar refractivity (Wildman–Crippen MR) is 185 cm³/mol. The van der Waals surface area contributed by atoms with Gasteiger partial charge in [-0.3, -0.25) is 9.59 Å². The maximum Gasteiger partial charge on any atom is 0.309 e. The molecule has 4 rings (SSSR count). The minimum absolute atomic E-state index is 0.0120. The molecule has 2 heterocycles. The summed E-state index contributed by atoms with van der Waals surface area (Å²) in [6.45, 7) is 3.28. The lowest BCUT2D eigenvalue weighted by molar-refractivity contribution is -0.140. The zero-order valence-corrected chi connectivity index (χ0v) is 29.9. The SMILES string of the molecule is CCS(=O)(=O)Cc1nc(CCc2ccc(CC(=O)O)cc2)cs1.CCS(=O)(=O)Cc1nc(CCc2ccc(CC(=O)OC)cc2)cs1. The molecule has 0 fully saturated rings. The van der Waals surface area contributed by atoms with Crippen molar-refractivity contribution < 1.29 is 36.3 Å². The Bertz CT molecular complexity index is 1810. The van der Waals surface area contributed by atoms with Crippen molar-refractivity contribution in [2.24, 2.45) is 0 Å². The molecule has 1 N–H and O–H groups in total. The summed E-state index contributed by atoms with van der Waals surface area (Å²) in [5.74, 6) is -0.784. The standard InChI is InChI=1S/C17H21NO4S2.C16H19NO4S2/c1-3-24(20,21)12-16-18-15(11-23-16)9-8-13-4-6-14(7-5-13)10-17(19)22-2;1-2-23(20,21)11-15-17-14(10-22-15)8-7-12-3-5-13(6-4-12)9-16(18)19/h4-7,11H,3,8-10,12H2,1-2H3;3-6,10H,2,7-9,11H2,1H3,(H,18,19). The van der Waals surface area contributed by atoms with E-state index in [4.69, 9.17) is 5.11 Å². The fourth-order valence-electron chi connectivity index (χ4n) is 4.25. The van der Waals surface area contributed by atoms with Crippen LogP contribution in [0.15, 0.2) is 59.3 Å². The summed E-state index contributed by atoms with van der Waals surface area (Å²) in [7, 11) is -4.69. The molecular formula is C33H40N2O8S4. The number of aromatic nitrogens is 2. The summed E-state index contributed by atoms with van der Waals surface area (Å²) in [5, 5.41) is 13.9. The molecule has 0 spiro atoms. The van der Waals surface area contributed by atoms with Gasteiger partial charge in [0, 0.05) is 22.3 Å². The lowest BCUT2D eigenvalue weighted by atomic mass is 10.1. The van der Waals surface area contributed by atoms with E-state index >= 15 is 0 Å². The molecule has 254 valence electrons. The van der Waals surface area contributed by atoms with Crippen LogP contribution in [0.2, 0.25) is 0 Å². The van der Waals surface area contributed by atoms with Crippen molar-refractivity contribution in [3.8, 4) is 0 Å². The Hall–Kier alpha value is -3.46. The van der Waals surface area contributed by atoms with Gasteiger partial charge in [0.15, 0.2) is 19.7 Å². The van der Waals surface area contributed by atoms with Gasteiger partial charge in [-0.2, -0.15) is 0 Å². The number of sulfone groups is 2. The minimum atomic E-state index is -3.04. The highest BCUT2D eigenvalue weighted by atomic mass is 32.2. The largest absolute Gasteiger partial charge is 0.481 e. The lowest BCUT2D eigenvalue weighted by Crippen LogP contribution is -2.06. The number of carbonyl (C=O) groups is 2. The van der Waals surface area contributed by atoms with E-state index in [0.29, 0.717) is 10.0 Å². The molecule has 0 atom stereocenters. The van der Waals surface area contributed by atoms with Gasteiger partial charge in [-0.25, -0.2) is 26.8 Å². The number of aryl methyl sites for hydroxylation is 4. The second kappa shape index (κ2) is 18.2. The number of carbonyl (C=O) groups excluding carboxylic acids is 1. The Balaban J connectivity index is 0.000000256. The van der Waals surface area contributed by atoms with Gasteiger partial charge in [-0.1, -0.05) is 62.4 Å². The molecule has 0 aliphatic carbocycles. The van der Waals surface area contributed by atoms with Crippen molar-refractivity contribution >= 4 is 54.3 Å². The van der Waals surface area contributed by atoms with Crippen LogP contribution >= 0.6 is 22.7 Å². The van der Waals surface area contributed by atoms with Crippen molar-refractivity contribution in [1.29, 1.82) is 0 Å². The number of nitrogens with zero attached hydrogens (tertiary/aromatic N) is 2. The van der Waals surface area contributed by atoms with Gasteiger partial charge in [0.25, 0.3) is 0 Å². The van der Waals surface area contributed by atoms with Crippen molar-refractivity contribution in [2.45, 2.75) is 63.9 Å². The van der Waals surface area contributed by atoms with E-state index < -0.39 is 25.6 Å². The topological polar surface area (TPSA) is 158 Å². The third kappa shape index (κ3) is 14.1. The molecule has 0 aliphatic rings. The van der Waals surface area contributed by atoms with E-state index in [1.165, 1.54) is 29.8 Å². The Labute approximate surface area is 284 Å². The van der Waals surface area contributed by atoms with Crippen molar-refractivity contribution in [2.75, 3.05) is 18.6 Å². The summed E-state index contributed by atoms with van der Waals surface area (Å²) in [4.78, 5) is 30.6. The molecule has 0 aliphatic heterocycles. The summed E-state index contributed by atoms with van der Waals surface area (Å²) in [5.41, 5.74) is 5.77. The van der Waals surface area contributed by atoms with Crippen LogP contribution in [0, 0.1) is 0 Å². The van der Waals surface area contributed by atoms with E-state index in [0.717, 1.165) is 59.3 Å². The smallest absolute Gasteiger partial charge is 0.309 e. The lowest BCUT2D eigenvalue weighted by Gasteiger charge is -2.03. The molecule has 10 nitrogen and oxygen atoms in total. The number of hydrogen-bond acceptors (Lipinski definition) is 11. The molecule has 2 aromatic carbocycles. The first kappa shape index (κ1) is 38.0. The first-order valence-electron chi connectivity index (χ1n) is 15.0. The van der Waals surface area contributed by atoms with E-state index in [9.17, 15) is 26.4 Å². The molecule has 47 heavy (non-hydrogen) atoms. The van der Waals surface area contributed by atoms with Crippen molar-refractivity contribution in [1.82, 2.24) is 9.97 Å². The van der Waals surface area contributed by atoms with Crippen molar-refractivity contribution in [3.05, 3.63) is 103 Å². The van der Waals surface area contributed by atoms with Gasteiger partial charge < -0.3 is 9.84 Å². The first-order valence-corrected chi connectivity index (χ1v) is 20.4. The van der Waals surface area contributed by atoms with E-state index in [2.05, 4.69) is 14.7 Å². The second-order valence-electron chi connectivity index (χ2n) is 10.8. The number of aliphatic carboxylic acids is 1. The van der Waals surface area contributed by atoms with Crippen LogP contribution in [0.4, 0.5) is 0 Å². The van der Waals surface area contributed by atoms with Gasteiger partial charge >= 0.3 is 11.9 Å². The zero-order valence-electron chi connectivity index (χ0n) is 26.7. The molecule has 0 unspecified atom stereocenters. The summed E-state index contributed by atoms with van der Waals surface area (Å²) in [6, 6.07) is 15.3. The molecule has 0 saturated heterocycles. The second-order valence-corrected chi connectivity index (χ2v) is 17.4. The highest BCUT2D eigenvalue weighted by Crippen LogP contribution is 2.17. The number of benzene rings is 2. The molecular weight excluding hydrogens is 681 g/mol. The summed E-state index contributed by atoms with van der Waals surface area (Å²) < 4.78 is 51.1. The fraction of sp³-hybridized carbons (Fsp3) is 0.394. The minimum Gasteiger partial charge on any atom is -0.481 e. The van der Waals surface area contributed by atoms with Gasteiger partial charge in [-0.05, 0) is 47.9 Å². The molecule has 0 amide bonds. The number of esters is 1. The molecule has 0 radical (unpaired) electrons. The number of ether oxygens (including phenoxy) is 1. The number of methoxy groups -OCH3 is 1. The van der Waals surface area contributed by atoms with E-state index in [1.54, 1.807) is 13.8 Å². The van der Waals surface area contributed by atoms with Crippen LogP contribution in [0.25, 0.3) is 0 Å². The normalized spacial score (nSPS) is 11.5. The number of carboxylic acid groups (broad SMARTS) is 1. The van der Waals surface area contributed by atoms with Crippen LogP contribution in [-0.2, 0) is 84.0 Å². The van der Waals surface area contributed by atoms with Crippen LogP contribution in [0.5, 0.6) is 0 Å². The third-order valence-electron chi connectivity index (χ3n) is 7.08. The fourth-order valence-corrected chi connectivity index (χ4v) is 8.38. The number of rotatable bonds is 16. The predicted octanol–water partition coefficient (Wildman–Crippen LogP) is 5.07. The number of carboxylic acids is 1. The average molecular weight is 721 g/mol. The number of thiazole rings is 2. The van der Waals surface area contributed by atoms with Crippen LogP contribution < -0.4 is 0 Å². The van der Waals surface area contributed by atoms with Crippen LogP contribution in [0.1, 0.15) is 57.5 Å². The maximum atomic E-state index is 11.6. The summed E-state index contributed by atoms with van der Waals surface area (Å²) in [6.07, 6.45) is 3.42. The van der Waals surface area contributed by atoms with Crippen LogP contribution in [0.3, 0.4) is 0 Å². The van der Waals surface area contributed by atoms with E-state index in [1.807, 2.05) is 59.3 Å². The van der Waals surface area contributed by atoms with Crippen molar-refractivity contribution in [3.63, 3.8) is 0 Å². The first-order chi connectivity index (χ1) is 22.3. The summed E-state index contributed by atoms with van der Waals surface area (Å²) >= 11 is 2.78. The molecule has 4 aromatic rings. The Morgan fingerprint density at radius 2 is 1.04 bits per heavy atom. The Morgan fingerprint density at radius 3 is 1.40 bits per heavy atom. The van der Waals surface area contributed by atoms with Gasteiger partial charge in [0.05, 0.1) is 31.3 Å². The highest BCUT2D eigenvalue weighted by Gasteiger charge is 2.14. The Kier molecular flexibility index (Phi) is 14.7. The van der Waals surface area contributed by atoms with Crippen LogP contribution in [-0.4, -0.2) is 62.5 Å². The monoisotopic (exact) mass is 720 g/mol. The quantitative estimate of drug-likeness (QED) is 0.155. The Morgan fingerprint density at radius 1 is 0.660 bits per heavy atom. The highest BCUT2D eigenvalue weighted by molar-refractivity contribution is 7.90. The average Bonchev–Trinajstić information content (AvgIpc) is 3.68. The van der Waals surface area contributed by atoms with E-state index in [-0.39, 0.29) is 41.8 Å². The van der Waals surface area contributed by atoms with Gasteiger partial charge in [-0.15, -0.1) is 22.7 Å². The molecule has 2 aromatic heterocycles. The van der Waals surface area contributed by atoms with Gasteiger partial charge in [0.1, 0.15) is 21.5 Å².